The molecule has 27 heavy (non-hydrogen) atoms. The fraction of sp³-hybridized carbons (Fsp3) is 0.611. The second-order valence-electron chi connectivity index (χ2n) is 6.94. The Hall–Kier alpha value is -2.34. The van der Waals surface area contributed by atoms with Crippen LogP contribution in [0.2, 0.25) is 0 Å². The number of piperidine rings is 1. The maximum atomic E-state index is 12.5. The molecule has 2 fully saturated rings. The van der Waals surface area contributed by atoms with E-state index < -0.39 is 24.7 Å². The number of pyridine rings is 1. The standard InChI is InChI=1S/C18H21F3N4O2/c19-18(20,21)12-25-9-5-15(17(25)26)24-7-3-13(4-8-24)11-27-16-14(10-22)2-1-6-23-16/h1-2,6,13,15H,3-5,7-9,11-12H2. The minimum atomic E-state index is -4.36. The zero-order valence-corrected chi connectivity index (χ0v) is 14.8. The molecule has 0 saturated carbocycles. The third kappa shape index (κ3) is 4.89. The Balaban J connectivity index is 1.47. The van der Waals surface area contributed by atoms with Crippen LogP contribution in [0.25, 0.3) is 0 Å². The lowest BCUT2D eigenvalue weighted by molar-refractivity contribution is -0.159. The second kappa shape index (κ2) is 8.13. The van der Waals surface area contributed by atoms with E-state index >= 15 is 0 Å². The molecule has 2 saturated heterocycles. The number of ether oxygens (including phenoxy) is 1. The summed E-state index contributed by atoms with van der Waals surface area (Å²) >= 11 is 0. The maximum absolute atomic E-state index is 12.5. The molecule has 0 aliphatic carbocycles. The van der Waals surface area contributed by atoms with Crippen molar-refractivity contribution < 1.29 is 22.7 Å². The molecule has 1 amide bonds. The lowest BCUT2D eigenvalue weighted by Crippen LogP contribution is -2.47. The van der Waals surface area contributed by atoms with E-state index in [2.05, 4.69) is 4.98 Å². The first-order valence-corrected chi connectivity index (χ1v) is 8.95. The quantitative estimate of drug-likeness (QED) is 0.781. The van der Waals surface area contributed by atoms with Gasteiger partial charge in [-0.05, 0) is 50.4 Å². The molecule has 9 heteroatoms. The number of carbonyl (C=O) groups is 1. The Bertz CT molecular complexity index is 711. The number of nitrogens with zero attached hydrogens (tertiary/aromatic N) is 4. The lowest BCUT2D eigenvalue weighted by Gasteiger charge is -2.35. The van der Waals surface area contributed by atoms with Crippen molar-refractivity contribution in [2.24, 2.45) is 5.92 Å². The highest BCUT2D eigenvalue weighted by molar-refractivity contribution is 5.84. The smallest absolute Gasteiger partial charge is 0.406 e. The maximum Gasteiger partial charge on any atom is 0.406 e. The normalized spacial score (nSPS) is 22.1. The summed E-state index contributed by atoms with van der Waals surface area (Å²) in [6, 6.07) is 4.90. The number of likely N-dealkylation sites (tertiary alicyclic amines) is 2. The largest absolute Gasteiger partial charge is 0.476 e. The molecular formula is C18H21F3N4O2. The van der Waals surface area contributed by atoms with E-state index in [9.17, 15) is 18.0 Å². The third-order valence-corrected chi connectivity index (χ3v) is 5.08. The molecule has 0 radical (unpaired) electrons. The molecule has 2 aliphatic rings. The number of alkyl halides is 3. The van der Waals surface area contributed by atoms with Crippen molar-refractivity contribution in [3.8, 4) is 11.9 Å². The Morgan fingerprint density at radius 1 is 1.26 bits per heavy atom. The lowest BCUT2D eigenvalue weighted by atomic mass is 9.96. The van der Waals surface area contributed by atoms with Gasteiger partial charge in [-0.3, -0.25) is 9.69 Å². The number of amides is 1. The van der Waals surface area contributed by atoms with Gasteiger partial charge in [0.05, 0.1) is 12.6 Å². The van der Waals surface area contributed by atoms with Gasteiger partial charge in [-0.2, -0.15) is 18.4 Å². The van der Waals surface area contributed by atoms with Gasteiger partial charge in [-0.1, -0.05) is 0 Å². The number of aromatic nitrogens is 1. The molecule has 0 aromatic carbocycles. The van der Waals surface area contributed by atoms with Crippen molar-refractivity contribution in [2.45, 2.75) is 31.5 Å². The first kappa shape index (κ1) is 19.4. The summed E-state index contributed by atoms with van der Waals surface area (Å²) in [6.07, 6.45) is -0.773. The van der Waals surface area contributed by atoms with E-state index in [-0.39, 0.29) is 12.5 Å². The summed E-state index contributed by atoms with van der Waals surface area (Å²) < 4.78 is 43.3. The van der Waals surface area contributed by atoms with E-state index in [1.807, 2.05) is 11.0 Å². The van der Waals surface area contributed by atoms with E-state index in [1.54, 1.807) is 18.3 Å². The molecule has 1 aromatic rings. The zero-order valence-electron chi connectivity index (χ0n) is 14.8. The van der Waals surface area contributed by atoms with Crippen LogP contribution >= 0.6 is 0 Å². The summed E-state index contributed by atoms with van der Waals surface area (Å²) in [5.41, 5.74) is 0.385. The fourth-order valence-corrected chi connectivity index (χ4v) is 3.65. The summed E-state index contributed by atoms with van der Waals surface area (Å²) in [7, 11) is 0. The molecule has 1 atom stereocenters. The van der Waals surface area contributed by atoms with Crippen molar-refractivity contribution in [3.05, 3.63) is 23.9 Å². The van der Waals surface area contributed by atoms with Crippen molar-refractivity contribution in [3.63, 3.8) is 0 Å². The van der Waals surface area contributed by atoms with E-state index in [1.165, 1.54) is 0 Å². The van der Waals surface area contributed by atoms with Gasteiger partial charge >= 0.3 is 6.18 Å². The topological polar surface area (TPSA) is 69.5 Å². The predicted octanol–water partition coefficient (Wildman–Crippen LogP) is 2.21. The van der Waals surface area contributed by atoms with Crippen molar-refractivity contribution in [2.75, 3.05) is 32.8 Å². The van der Waals surface area contributed by atoms with E-state index in [0.717, 1.165) is 17.7 Å². The predicted molar refractivity (Wildman–Crippen MR) is 89.8 cm³/mol. The highest BCUT2D eigenvalue weighted by Gasteiger charge is 2.42. The summed E-state index contributed by atoms with van der Waals surface area (Å²) in [4.78, 5) is 19.2. The number of rotatable bonds is 5. The Morgan fingerprint density at radius 3 is 2.67 bits per heavy atom. The SMILES string of the molecule is N#Cc1cccnc1OCC1CCN(C2CCN(CC(F)(F)F)C2=O)CC1. The van der Waals surface area contributed by atoms with Gasteiger partial charge in [-0.25, -0.2) is 4.98 Å². The number of carbonyl (C=O) groups excluding carboxylic acids is 1. The van der Waals surface area contributed by atoms with Crippen LogP contribution in [0, 0.1) is 17.2 Å². The first-order valence-electron chi connectivity index (χ1n) is 8.95. The molecule has 0 bridgehead atoms. The van der Waals surface area contributed by atoms with Gasteiger partial charge < -0.3 is 9.64 Å². The number of hydrogen-bond donors (Lipinski definition) is 0. The summed E-state index contributed by atoms with van der Waals surface area (Å²) in [5, 5.41) is 9.05. The van der Waals surface area contributed by atoms with Crippen molar-refractivity contribution in [1.29, 1.82) is 5.26 Å². The van der Waals surface area contributed by atoms with Gasteiger partial charge in [0.15, 0.2) is 0 Å². The molecule has 1 aromatic heterocycles. The molecule has 3 heterocycles. The van der Waals surface area contributed by atoms with Crippen LogP contribution in [-0.2, 0) is 4.79 Å². The van der Waals surface area contributed by atoms with Crippen molar-refractivity contribution >= 4 is 5.91 Å². The van der Waals surface area contributed by atoms with Crippen LogP contribution in [0.5, 0.6) is 5.88 Å². The monoisotopic (exact) mass is 382 g/mol. The van der Waals surface area contributed by atoms with Crippen LogP contribution in [0.15, 0.2) is 18.3 Å². The zero-order chi connectivity index (χ0) is 19.4. The van der Waals surface area contributed by atoms with E-state index in [4.69, 9.17) is 10.00 Å². The van der Waals surface area contributed by atoms with Gasteiger partial charge in [0.1, 0.15) is 18.2 Å². The van der Waals surface area contributed by atoms with Gasteiger partial charge in [0.2, 0.25) is 11.8 Å². The summed E-state index contributed by atoms with van der Waals surface area (Å²) in [5.74, 6) is 0.156. The van der Waals surface area contributed by atoms with Gasteiger partial charge in [-0.15, -0.1) is 0 Å². The van der Waals surface area contributed by atoms with Crippen molar-refractivity contribution in [1.82, 2.24) is 14.8 Å². The van der Waals surface area contributed by atoms with Crippen LogP contribution in [-0.4, -0.2) is 65.7 Å². The summed E-state index contributed by atoms with van der Waals surface area (Å²) in [6.45, 7) is 0.716. The highest BCUT2D eigenvalue weighted by atomic mass is 19.4. The molecule has 1 unspecified atom stereocenters. The van der Waals surface area contributed by atoms with Crippen LogP contribution < -0.4 is 4.74 Å². The minimum Gasteiger partial charge on any atom is -0.476 e. The fourth-order valence-electron chi connectivity index (χ4n) is 3.65. The van der Waals surface area contributed by atoms with Crippen LogP contribution in [0.4, 0.5) is 13.2 Å². The third-order valence-electron chi connectivity index (χ3n) is 5.08. The molecule has 146 valence electrons. The minimum absolute atomic E-state index is 0.155. The Kier molecular flexibility index (Phi) is 5.85. The number of hydrogen-bond acceptors (Lipinski definition) is 5. The van der Waals surface area contributed by atoms with Crippen LogP contribution in [0.3, 0.4) is 0 Å². The van der Waals surface area contributed by atoms with E-state index in [0.29, 0.717) is 37.6 Å². The first-order chi connectivity index (χ1) is 12.9. The second-order valence-corrected chi connectivity index (χ2v) is 6.94. The molecule has 0 spiro atoms. The van der Waals surface area contributed by atoms with Gasteiger partial charge in [0.25, 0.3) is 0 Å². The Morgan fingerprint density at radius 2 is 2.00 bits per heavy atom. The number of halogens is 3. The average Bonchev–Trinajstić information content (AvgIpc) is 2.99. The highest BCUT2D eigenvalue weighted by Crippen LogP contribution is 2.27. The molecule has 2 aliphatic heterocycles. The average molecular weight is 382 g/mol. The molecule has 6 nitrogen and oxygen atoms in total. The van der Waals surface area contributed by atoms with Crippen LogP contribution in [0.1, 0.15) is 24.8 Å². The van der Waals surface area contributed by atoms with Gasteiger partial charge in [0, 0.05) is 12.7 Å². The number of nitriles is 1. The Labute approximate surface area is 155 Å². The molecule has 0 N–H and O–H groups in total. The molecule has 3 rings (SSSR count). The molecular weight excluding hydrogens is 361 g/mol.